The quantitative estimate of drug-likeness (QED) is 0.803. The number of amides is 2. The van der Waals surface area contributed by atoms with Gasteiger partial charge in [-0.05, 0) is 31.6 Å². The summed E-state index contributed by atoms with van der Waals surface area (Å²) in [5, 5.41) is 5.89. The Morgan fingerprint density at radius 3 is 2.79 bits per heavy atom. The lowest BCUT2D eigenvalue weighted by Crippen LogP contribution is -2.44. The van der Waals surface area contributed by atoms with Crippen molar-refractivity contribution in [2.24, 2.45) is 11.3 Å². The van der Waals surface area contributed by atoms with Crippen molar-refractivity contribution in [3.05, 3.63) is 0 Å². The lowest BCUT2D eigenvalue weighted by atomic mass is 9.84. The first-order valence-electron chi connectivity index (χ1n) is 7.39. The van der Waals surface area contributed by atoms with Crippen molar-refractivity contribution in [1.29, 1.82) is 0 Å². The number of carbonyl (C=O) groups is 2. The van der Waals surface area contributed by atoms with Gasteiger partial charge in [0.1, 0.15) is 0 Å². The monoisotopic (exact) mass is 268 g/mol. The van der Waals surface area contributed by atoms with Crippen LogP contribution in [0.25, 0.3) is 0 Å². The third-order valence-corrected chi connectivity index (χ3v) is 3.78. The molecule has 1 heterocycles. The third kappa shape index (κ3) is 5.62. The van der Waals surface area contributed by atoms with Crippen molar-refractivity contribution >= 4 is 11.8 Å². The Morgan fingerprint density at radius 2 is 2.16 bits per heavy atom. The van der Waals surface area contributed by atoms with Gasteiger partial charge >= 0.3 is 0 Å². The Labute approximate surface area is 116 Å². The van der Waals surface area contributed by atoms with E-state index in [1.54, 1.807) is 0 Å². The molecule has 0 aromatic heterocycles. The zero-order valence-electron chi connectivity index (χ0n) is 12.7. The van der Waals surface area contributed by atoms with Crippen LogP contribution in [0.2, 0.25) is 0 Å². The smallest absolute Gasteiger partial charge is 0.225 e. The van der Waals surface area contributed by atoms with E-state index in [9.17, 15) is 9.59 Å². The van der Waals surface area contributed by atoms with E-state index in [-0.39, 0.29) is 23.3 Å². The number of nitrogens with one attached hydrogen (secondary N) is 2. The fourth-order valence-electron chi connectivity index (χ4n) is 2.24. The number of carbonyl (C=O) groups excluding carboxylic acids is 2. The molecule has 19 heavy (non-hydrogen) atoms. The zero-order valence-corrected chi connectivity index (χ0v) is 12.7. The van der Waals surface area contributed by atoms with E-state index in [2.05, 4.69) is 24.5 Å². The normalized spacial score (nSPS) is 20.9. The molecule has 1 atom stereocenters. The van der Waals surface area contributed by atoms with Gasteiger partial charge in [-0.25, -0.2) is 0 Å². The van der Waals surface area contributed by atoms with Gasteiger partial charge in [-0.2, -0.15) is 0 Å². The van der Waals surface area contributed by atoms with Gasteiger partial charge in [0.15, 0.2) is 0 Å². The van der Waals surface area contributed by atoms with Gasteiger partial charge < -0.3 is 10.6 Å². The molecule has 0 saturated carbocycles. The van der Waals surface area contributed by atoms with E-state index in [0.717, 1.165) is 32.2 Å². The first-order valence-corrected chi connectivity index (χ1v) is 7.39. The summed E-state index contributed by atoms with van der Waals surface area (Å²) in [4.78, 5) is 23.8. The van der Waals surface area contributed by atoms with Crippen LogP contribution in [-0.4, -0.2) is 24.4 Å². The summed E-state index contributed by atoms with van der Waals surface area (Å²) in [6.45, 7) is 9.04. The van der Waals surface area contributed by atoms with E-state index >= 15 is 0 Å². The average molecular weight is 268 g/mol. The van der Waals surface area contributed by atoms with Crippen molar-refractivity contribution in [1.82, 2.24) is 10.6 Å². The van der Waals surface area contributed by atoms with Crippen LogP contribution in [0.3, 0.4) is 0 Å². The molecule has 110 valence electrons. The second kappa shape index (κ2) is 6.92. The molecule has 2 N–H and O–H groups in total. The van der Waals surface area contributed by atoms with Crippen LogP contribution in [0, 0.1) is 11.3 Å². The first-order chi connectivity index (χ1) is 8.81. The van der Waals surface area contributed by atoms with Crippen molar-refractivity contribution in [2.45, 2.75) is 65.8 Å². The van der Waals surface area contributed by atoms with E-state index in [1.807, 2.05) is 13.8 Å². The Balaban J connectivity index is 2.49. The maximum absolute atomic E-state index is 12.3. The predicted octanol–water partition coefficient (Wildman–Crippen LogP) is 2.23. The maximum atomic E-state index is 12.3. The topological polar surface area (TPSA) is 58.2 Å². The molecule has 2 amide bonds. The zero-order chi connectivity index (χ0) is 14.5. The van der Waals surface area contributed by atoms with Gasteiger partial charge in [-0.3, -0.25) is 9.59 Å². The summed E-state index contributed by atoms with van der Waals surface area (Å²) in [7, 11) is 0. The van der Waals surface area contributed by atoms with Crippen molar-refractivity contribution in [3.8, 4) is 0 Å². The summed E-state index contributed by atoms with van der Waals surface area (Å²) >= 11 is 0. The SMILES string of the molecule is CC(C)CCC(C)(C)C(=O)N[C@H]1CCCNC(=O)C1. The standard InChI is InChI=1S/C15H28N2O2/c1-11(2)7-8-15(3,4)14(19)17-12-6-5-9-16-13(18)10-12/h11-12H,5-10H2,1-4H3,(H,16,18)(H,17,19)/t12-/m0/s1. The first kappa shape index (κ1) is 16.0. The van der Waals surface area contributed by atoms with E-state index in [1.165, 1.54) is 0 Å². The van der Waals surface area contributed by atoms with Crippen LogP contribution in [0.15, 0.2) is 0 Å². The fraction of sp³-hybridized carbons (Fsp3) is 0.867. The molecule has 0 radical (unpaired) electrons. The Morgan fingerprint density at radius 1 is 1.47 bits per heavy atom. The molecule has 1 aliphatic heterocycles. The molecule has 1 rings (SSSR count). The Kier molecular flexibility index (Phi) is 5.83. The molecule has 1 saturated heterocycles. The van der Waals surface area contributed by atoms with Crippen LogP contribution in [-0.2, 0) is 9.59 Å². The molecule has 1 aliphatic rings. The van der Waals surface area contributed by atoms with Gasteiger partial charge in [0.25, 0.3) is 0 Å². The average Bonchev–Trinajstić information content (AvgIpc) is 2.51. The van der Waals surface area contributed by atoms with E-state index in [0.29, 0.717) is 12.3 Å². The van der Waals surface area contributed by atoms with Crippen LogP contribution in [0.5, 0.6) is 0 Å². The van der Waals surface area contributed by atoms with Crippen LogP contribution >= 0.6 is 0 Å². The minimum atomic E-state index is -0.354. The molecular weight excluding hydrogens is 240 g/mol. The second-order valence-electron chi connectivity index (χ2n) is 6.68. The van der Waals surface area contributed by atoms with Crippen molar-refractivity contribution < 1.29 is 9.59 Å². The highest BCUT2D eigenvalue weighted by molar-refractivity contribution is 5.83. The van der Waals surface area contributed by atoms with Gasteiger partial charge in [-0.15, -0.1) is 0 Å². The lowest BCUT2D eigenvalue weighted by Gasteiger charge is -2.27. The molecular formula is C15H28N2O2. The van der Waals surface area contributed by atoms with Crippen LogP contribution in [0.4, 0.5) is 0 Å². The molecule has 0 aliphatic carbocycles. The molecule has 0 aromatic carbocycles. The molecule has 0 spiro atoms. The van der Waals surface area contributed by atoms with Crippen molar-refractivity contribution in [3.63, 3.8) is 0 Å². The molecule has 0 unspecified atom stereocenters. The van der Waals surface area contributed by atoms with E-state index in [4.69, 9.17) is 0 Å². The lowest BCUT2D eigenvalue weighted by molar-refractivity contribution is -0.131. The van der Waals surface area contributed by atoms with Crippen LogP contribution in [0.1, 0.15) is 59.8 Å². The summed E-state index contributed by atoms with van der Waals surface area (Å²) in [5.74, 6) is 0.728. The molecule has 4 nitrogen and oxygen atoms in total. The number of rotatable bonds is 5. The van der Waals surface area contributed by atoms with E-state index < -0.39 is 0 Å². The van der Waals surface area contributed by atoms with Crippen LogP contribution < -0.4 is 10.6 Å². The highest BCUT2D eigenvalue weighted by Crippen LogP contribution is 2.25. The maximum Gasteiger partial charge on any atom is 0.225 e. The Hall–Kier alpha value is -1.06. The summed E-state index contributed by atoms with van der Waals surface area (Å²) in [6, 6.07) is -0.00618. The third-order valence-electron chi connectivity index (χ3n) is 3.78. The largest absolute Gasteiger partial charge is 0.356 e. The highest BCUT2D eigenvalue weighted by atomic mass is 16.2. The highest BCUT2D eigenvalue weighted by Gasteiger charge is 2.30. The number of hydrogen-bond donors (Lipinski definition) is 2. The van der Waals surface area contributed by atoms with Crippen molar-refractivity contribution in [2.75, 3.05) is 6.54 Å². The molecule has 0 bridgehead atoms. The van der Waals surface area contributed by atoms with Gasteiger partial charge in [0, 0.05) is 24.4 Å². The molecule has 1 fully saturated rings. The van der Waals surface area contributed by atoms with Gasteiger partial charge in [-0.1, -0.05) is 27.7 Å². The predicted molar refractivity (Wildman–Crippen MR) is 76.6 cm³/mol. The summed E-state index contributed by atoms with van der Waals surface area (Å²) in [6.07, 6.45) is 4.15. The fourth-order valence-corrected chi connectivity index (χ4v) is 2.24. The molecule has 4 heteroatoms. The minimum Gasteiger partial charge on any atom is -0.356 e. The Bertz CT molecular complexity index is 324. The van der Waals surface area contributed by atoms with Gasteiger partial charge in [0.05, 0.1) is 0 Å². The number of hydrogen-bond acceptors (Lipinski definition) is 2. The van der Waals surface area contributed by atoms with Gasteiger partial charge in [0.2, 0.25) is 11.8 Å². The molecule has 0 aromatic rings. The summed E-state index contributed by atoms with van der Waals surface area (Å²) in [5.41, 5.74) is -0.354. The second-order valence-corrected chi connectivity index (χ2v) is 6.68. The summed E-state index contributed by atoms with van der Waals surface area (Å²) < 4.78 is 0. The minimum absolute atomic E-state index is 0.00618.